The van der Waals surface area contributed by atoms with Crippen molar-refractivity contribution in [2.75, 3.05) is 13.6 Å². The first kappa shape index (κ1) is 12.4. The fourth-order valence-corrected chi connectivity index (χ4v) is 3.47. The molecule has 2 aliphatic carbocycles. The van der Waals surface area contributed by atoms with Crippen LogP contribution >= 0.6 is 0 Å². The lowest BCUT2D eigenvalue weighted by molar-refractivity contribution is -0.000875. The van der Waals surface area contributed by atoms with Gasteiger partial charge in [-0.15, -0.1) is 0 Å². The number of hydrogen-bond acceptors (Lipinski definition) is 2. The maximum atomic E-state index is 10.4. The van der Waals surface area contributed by atoms with Crippen LogP contribution in [0.3, 0.4) is 0 Å². The normalized spacial score (nSPS) is 34.5. The number of nitrogens with zero attached hydrogens (tertiary/aromatic N) is 1. The molecule has 16 heavy (non-hydrogen) atoms. The summed E-state index contributed by atoms with van der Waals surface area (Å²) in [5.74, 6) is 0.916. The van der Waals surface area contributed by atoms with E-state index in [9.17, 15) is 5.11 Å². The van der Waals surface area contributed by atoms with Crippen LogP contribution in [0.4, 0.5) is 0 Å². The Morgan fingerprint density at radius 2 is 1.69 bits per heavy atom. The van der Waals surface area contributed by atoms with Crippen molar-refractivity contribution < 1.29 is 5.11 Å². The highest BCUT2D eigenvalue weighted by molar-refractivity contribution is 4.89. The van der Waals surface area contributed by atoms with Crippen LogP contribution in [-0.4, -0.2) is 35.2 Å². The Balaban J connectivity index is 1.81. The van der Waals surface area contributed by atoms with E-state index in [0.29, 0.717) is 0 Å². The molecule has 0 aliphatic heterocycles. The maximum absolute atomic E-state index is 10.4. The summed E-state index contributed by atoms with van der Waals surface area (Å²) in [6, 6.07) is 0.723. The fourth-order valence-electron chi connectivity index (χ4n) is 3.47. The Labute approximate surface area is 100 Å². The lowest BCUT2D eigenvalue weighted by Crippen LogP contribution is -2.45. The summed E-state index contributed by atoms with van der Waals surface area (Å²) in [5, 5.41) is 10.4. The van der Waals surface area contributed by atoms with E-state index in [2.05, 4.69) is 18.9 Å². The summed E-state index contributed by atoms with van der Waals surface area (Å²) in [4.78, 5) is 2.43. The molecule has 2 rings (SSSR count). The summed E-state index contributed by atoms with van der Waals surface area (Å²) in [6.45, 7) is 3.26. The molecule has 0 spiro atoms. The topological polar surface area (TPSA) is 23.5 Å². The van der Waals surface area contributed by atoms with Gasteiger partial charge in [0.25, 0.3) is 0 Å². The van der Waals surface area contributed by atoms with Gasteiger partial charge in [0.1, 0.15) is 0 Å². The van der Waals surface area contributed by atoms with Crippen molar-refractivity contribution in [3.8, 4) is 0 Å². The van der Waals surface area contributed by atoms with Crippen molar-refractivity contribution in [1.82, 2.24) is 4.90 Å². The van der Waals surface area contributed by atoms with Gasteiger partial charge < -0.3 is 10.0 Å². The second-order valence-corrected chi connectivity index (χ2v) is 6.26. The molecule has 1 N–H and O–H groups in total. The fraction of sp³-hybridized carbons (Fsp3) is 1.00. The van der Waals surface area contributed by atoms with Crippen LogP contribution in [0.25, 0.3) is 0 Å². The second-order valence-electron chi connectivity index (χ2n) is 6.26. The first-order chi connectivity index (χ1) is 7.59. The molecule has 0 unspecified atom stereocenters. The molecule has 0 atom stereocenters. The molecule has 0 aromatic heterocycles. The molecule has 2 heteroatoms. The lowest BCUT2D eigenvalue weighted by Gasteiger charge is -2.37. The molecule has 2 saturated carbocycles. The van der Waals surface area contributed by atoms with Crippen LogP contribution in [0.2, 0.25) is 0 Å². The third kappa shape index (κ3) is 2.98. The number of likely N-dealkylation sites (N-methyl/N-ethyl adjacent to an activating group) is 1. The Morgan fingerprint density at radius 1 is 1.12 bits per heavy atom. The van der Waals surface area contributed by atoms with E-state index >= 15 is 0 Å². The van der Waals surface area contributed by atoms with Gasteiger partial charge in [-0.05, 0) is 51.5 Å². The average molecular weight is 225 g/mol. The summed E-state index contributed by atoms with van der Waals surface area (Å²) >= 11 is 0. The minimum Gasteiger partial charge on any atom is -0.389 e. The van der Waals surface area contributed by atoms with Crippen molar-refractivity contribution in [3.63, 3.8) is 0 Å². The smallest absolute Gasteiger partial charge is 0.0774 e. The summed E-state index contributed by atoms with van der Waals surface area (Å²) in [7, 11) is 2.21. The Morgan fingerprint density at radius 3 is 2.25 bits per heavy atom. The van der Waals surface area contributed by atoms with Gasteiger partial charge in [-0.3, -0.25) is 0 Å². The first-order valence-corrected chi connectivity index (χ1v) is 7.02. The van der Waals surface area contributed by atoms with E-state index in [-0.39, 0.29) is 5.60 Å². The molecule has 0 amide bonds. The highest BCUT2D eigenvalue weighted by Crippen LogP contribution is 2.32. The van der Waals surface area contributed by atoms with E-state index < -0.39 is 0 Å². The number of rotatable bonds is 3. The third-order valence-electron chi connectivity index (χ3n) is 4.69. The van der Waals surface area contributed by atoms with Gasteiger partial charge in [-0.2, -0.15) is 0 Å². The first-order valence-electron chi connectivity index (χ1n) is 7.02. The van der Waals surface area contributed by atoms with E-state index in [1.54, 1.807) is 0 Å². The molecule has 94 valence electrons. The second kappa shape index (κ2) is 5.05. The van der Waals surface area contributed by atoms with Gasteiger partial charge in [0.15, 0.2) is 0 Å². The molecule has 2 nitrogen and oxygen atoms in total. The van der Waals surface area contributed by atoms with Crippen molar-refractivity contribution in [3.05, 3.63) is 0 Å². The monoisotopic (exact) mass is 225 g/mol. The maximum Gasteiger partial charge on any atom is 0.0774 e. The van der Waals surface area contributed by atoms with Crippen molar-refractivity contribution in [2.24, 2.45) is 5.92 Å². The predicted molar refractivity (Wildman–Crippen MR) is 67.5 cm³/mol. The van der Waals surface area contributed by atoms with E-state index in [1.807, 2.05) is 0 Å². The molecule has 2 fully saturated rings. The molecule has 0 aromatic rings. The molecular formula is C14H27NO. The number of hydrogen-bond donors (Lipinski definition) is 1. The van der Waals surface area contributed by atoms with Crippen LogP contribution in [0.1, 0.15) is 58.3 Å². The van der Waals surface area contributed by atoms with Gasteiger partial charge in [0.2, 0.25) is 0 Å². The zero-order valence-electron chi connectivity index (χ0n) is 10.9. The Hall–Kier alpha value is -0.0800. The van der Waals surface area contributed by atoms with Crippen molar-refractivity contribution in [1.29, 1.82) is 0 Å². The van der Waals surface area contributed by atoms with Crippen LogP contribution in [-0.2, 0) is 0 Å². The average Bonchev–Trinajstić information content (AvgIpc) is 2.65. The van der Waals surface area contributed by atoms with Crippen LogP contribution in [0.5, 0.6) is 0 Å². The van der Waals surface area contributed by atoms with E-state index in [0.717, 1.165) is 31.3 Å². The molecular weight excluding hydrogens is 198 g/mol. The summed E-state index contributed by atoms with van der Waals surface area (Å²) in [5.41, 5.74) is -0.363. The Bertz CT molecular complexity index is 215. The van der Waals surface area contributed by atoms with Crippen LogP contribution in [0.15, 0.2) is 0 Å². The Kier molecular flexibility index (Phi) is 3.91. The van der Waals surface area contributed by atoms with Gasteiger partial charge in [0, 0.05) is 12.6 Å². The third-order valence-corrected chi connectivity index (χ3v) is 4.69. The molecule has 0 aromatic carbocycles. The van der Waals surface area contributed by atoms with Gasteiger partial charge in [0.05, 0.1) is 5.60 Å². The standard InChI is InChI=1S/C14H27NO/c1-12-5-7-13(8-6-12)15(2)11-14(16)9-3-4-10-14/h12-13,16H,3-11H2,1-2H3. The van der Waals surface area contributed by atoms with Gasteiger partial charge in [-0.25, -0.2) is 0 Å². The van der Waals surface area contributed by atoms with E-state index in [1.165, 1.54) is 38.5 Å². The minimum absolute atomic E-state index is 0.363. The van der Waals surface area contributed by atoms with Crippen molar-refractivity contribution >= 4 is 0 Å². The van der Waals surface area contributed by atoms with E-state index in [4.69, 9.17) is 0 Å². The van der Waals surface area contributed by atoms with Crippen LogP contribution in [0, 0.1) is 5.92 Å². The highest BCUT2D eigenvalue weighted by atomic mass is 16.3. The molecule has 0 saturated heterocycles. The quantitative estimate of drug-likeness (QED) is 0.798. The molecule has 0 bridgehead atoms. The summed E-state index contributed by atoms with van der Waals surface area (Å²) < 4.78 is 0. The highest BCUT2D eigenvalue weighted by Gasteiger charge is 2.34. The summed E-state index contributed by atoms with van der Waals surface area (Å²) in [6.07, 6.45) is 9.85. The zero-order chi connectivity index (χ0) is 11.6. The van der Waals surface area contributed by atoms with Crippen LogP contribution < -0.4 is 0 Å². The van der Waals surface area contributed by atoms with Crippen molar-refractivity contribution in [2.45, 2.75) is 69.9 Å². The molecule has 2 aliphatic rings. The largest absolute Gasteiger partial charge is 0.389 e. The SMILES string of the molecule is CC1CCC(N(C)CC2(O)CCCC2)CC1. The van der Waals surface area contributed by atoms with Gasteiger partial charge in [-0.1, -0.05) is 19.8 Å². The number of aliphatic hydroxyl groups is 1. The predicted octanol–water partition coefficient (Wildman–Crippen LogP) is 2.80. The molecule has 0 heterocycles. The lowest BCUT2D eigenvalue weighted by atomic mass is 9.86. The minimum atomic E-state index is -0.363. The zero-order valence-corrected chi connectivity index (χ0v) is 10.9. The van der Waals surface area contributed by atoms with Gasteiger partial charge >= 0.3 is 0 Å². The molecule has 0 radical (unpaired) electrons.